The van der Waals surface area contributed by atoms with Crippen LogP contribution in [-0.4, -0.2) is 9.38 Å². The van der Waals surface area contributed by atoms with Gasteiger partial charge < -0.3 is 4.42 Å². The van der Waals surface area contributed by atoms with Crippen LogP contribution in [0.5, 0.6) is 0 Å². The minimum Gasteiger partial charge on any atom is -0.422 e. The SMILES string of the molecule is Cc1sc2nc3c(c(=O)oc4ccccc43)c(=N)n2c1C. The van der Waals surface area contributed by atoms with E-state index in [-0.39, 0.29) is 10.9 Å². The second-order valence-electron chi connectivity index (χ2n) is 4.93. The molecule has 4 aromatic rings. The van der Waals surface area contributed by atoms with Crippen molar-refractivity contribution in [3.05, 3.63) is 50.7 Å². The number of aromatic nitrogens is 2. The number of benzene rings is 1. The Hall–Kier alpha value is -2.47. The van der Waals surface area contributed by atoms with Gasteiger partial charge in [-0.2, -0.15) is 0 Å². The molecule has 21 heavy (non-hydrogen) atoms. The van der Waals surface area contributed by atoms with Gasteiger partial charge in [0.15, 0.2) is 4.96 Å². The van der Waals surface area contributed by atoms with Crippen molar-refractivity contribution in [3.8, 4) is 0 Å². The highest BCUT2D eigenvalue weighted by Crippen LogP contribution is 2.23. The molecule has 0 spiro atoms. The molecule has 1 N–H and O–H groups in total. The Morgan fingerprint density at radius 1 is 1.29 bits per heavy atom. The number of aryl methyl sites for hydroxylation is 2. The lowest BCUT2D eigenvalue weighted by Crippen LogP contribution is -2.21. The van der Waals surface area contributed by atoms with Gasteiger partial charge in [0, 0.05) is 16.0 Å². The zero-order valence-corrected chi connectivity index (χ0v) is 12.2. The van der Waals surface area contributed by atoms with Crippen molar-refractivity contribution in [2.24, 2.45) is 0 Å². The molecule has 0 fully saturated rings. The second-order valence-corrected chi connectivity index (χ2v) is 6.11. The first-order valence-corrected chi connectivity index (χ1v) is 7.28. The first kappa shape index (κ1) is 12.3. The van der Waals surface area contributed by atoms with E-state index in [9.17, 15) is 4.79 Å². The van der Waals surface area contributed by atoms with Crippen LogP contribution in [0.2, 0.25) is 0 Å². The van der Waals surface area contributed by atoms with Gasteiger partial charge in [-0.1, -0.05) is 12.1 Å². The highest BCUT2D eigenvalue weighted by Gasteiger charge is 2.15. The maximum Gasteiger partial charge on any atom is 0.349 e. The monoisotopic (exact) mass is 297 g/mol. The Bertz CT molecular complexity index is 1150. The van der Waals surface area contributed by atoms with Gasteiger partial charge in [0.05, 0.1) is 5.52 Å². The van der Waals surface area contributed by atoms with E-state index >= 15 is 0 Å². The minimum atomic E-state index is -0.515. The van der Waals surface area contributed by atoms with Crippen LogP contribution in [0.15, 0.2) is 33.5 Å². The molecule has 1 aromatic carbocycles. The van der Waals surface area contributed by atoms with Gasteiger partial charge in [-0.3, -0.25) is 9.81 Å². The Labute approximate surface area is 122 Å². The van der Waals surface area contributed by atoms with Crippen LogP contribution in [0, 0.1) is 19.3 Å². The molecular formula is C15H11N3O2S. The molecule has 6 heteroatoms. The van der Waals surface area contributed by atoms with Crippen LogP contribution in [0.4, 0.5) is 0 Å². The summed E-state index contributed by atoms with van der Waals surface area (Å²) in [5.41, 5.74) is 1.58. The van der Waals surface area contributed by atoms with Crippen LogP contribution in [0.3, 0.4) is 0 Å². The van der Waals surface area contributed by atoms with E-state index in [0.29, 0.717) is 11.1 Å². The average Bonchev–Trinajstić information content (AvgIpc) is 2.74. The first-order chi connectivity index (χ1) is 10.1. The molecule has 0 atom stereocenters. The quantitative estimate of drug-likeness (QED) is 0.401. The van der Waals surface area contributed by atoms with Crippen LogP contribution in [0.25, 0.3) is 26.8 Å². The van der Waals surface area contributed by atoms with Crippen molar-refractivity contribution in [2.45, 2.75) is 13.8 Å². The summed E-state index contributed by atoms with van der Waals surface area (Å²) >= 11 is 1.52. The topological polar surface area (TPSA) is 71.4 Å². The van der Waals surface area contributed by atoms with Gasteiger partial charge in [0.1, 0.15) is 16.5 Å². The summed E-state index contributed by atoms with van der Waals surface area (Å²) in [7, 11) is 0. The van der Waals surface area contributed by atoms with Crippen molar-refractivity contribution in [1.29, 1.82) is 5.41 Å². The van der Waals surface area contributed by atoms with Crippen molar-refractivity contribution in [3.63, 3.8) is 0 Å². The number of nitrogens with one attached hydrogen (secondary N) is 1. The van der Waals surface area contributed by atoms with Crippen molar-refractivity contribution < 1.29 is 4.42 Å². The first-order valence-electron chi connectivity index (χ1n) is 6.47. The van der Waals surface area contributed by atoms with Gasteiger partial charge in [-0.05, 0) is 26.0 Å². The van der Waals surface area contributed by atoms with Gasteiger partial charge in [0.25, 0.3) is 0 Å². The maximum atomic E-state index is 12.2. The van der Waals surface area contributed by atoms with Gasteiger partial charge in [-0.15, -0.1) is 11.3 Å². The van der Waals surface area contributed by atoms with Crippen molar-refractivity contribution in [1.82, 2.24) is 9.38 Å². The van der Waals surface area contributed by atoms with Crippen LogP contribution >= 0.6 is 11.3 Å². The van der Waals surface area contributed by atoms with E-state index in [0.717, 1.165) is 20.9 Å². The Kier molecular flexibility index (Phi) is 2.35. The third-order valence-corrected chi connectivity index (χ3v) is 4.79. The molecule has 3 aromatic heterocycles. The minimum absolute atomic E-state index is 0.136. The summed E-state index contributed by atoms with van der Waals surface area (Å²) in [5.74, 6) is 0. The number of nitrogens with zero attached hydrogens (tertiary/aromatic N) is 2. The third-order valence-electron chi connectivity index (χ3n) is 3.73. The molecular weight excluding hydrogens is 286 g/mol. The fraction of sp³-hybridized carbons (Fsp3) is 0.133. The summed E-state index contributed by atoms with van der Waals surface area (Å²) in [6.07, 6.45) is 0. The van der Waals surface area contributed by atoms with E-state index in [1.807, 2.05) is 32.0 Å². The molecule has 0 saturated carbocycles. The van der Waals surface area contributed by atoms with E-state index in [1.54, 1.807) is 10.5 Å². The number of rotatable bonds is 0. The van der Waals surface area contributed by atoms with Crippen LogP contribution in [-0.2, 0) is 0 Å². The van der Waals surface area contributed by atoms with Crippen molar-refractivity contribution in [2.75, 3.05) is 0 Å². The molecule has 0 aliphatic heterocycles. The molecule has 0 radical (unpaired) electrons. The zero-order valence-electron chi connectivity index (χ0n) is 11.4. The van der Waals surface area contributed by atoms with Crippen molar-refractivity contribution >= 4 is 38.2 Å². The number of hydrogen-bond donors (Lipinski definition) is 1. The molecule has 0 amide bonds. The molecule has 3 heterocycles. The van der Waals surface area contributed by atoms with E-state index in [2.05, 4.69) is 4.98 Å². The number of para-hydroxylation sites is 1. The standard InChI is InChI=1S/C15H11N3O2S/c1-7-8(2)21-15-17-12-9-5-3-4-6-10(9)20-14(19)11(12)13(16)18(7)15/h3-6,16H,1-2H3. The van der Waals surface area contributed by atoms with Crippen LogP contribution in [0.1, 0.15) is 10.6 Å². The largest absolute Gasteiger partial charge is 0.422 e. The highest BCUT2D eigenvalue weighted by atomic mass is 32.1. The molecule has 0 aliphatic carbocycles. The summed E-state index contributed by atoms with van der Waals surface area (Å²) in [5, 5.41) is 9.36. The zero-order chi connectivity index (χ0) is 14.7. The predicted octanol–water partition coefficient (Wildman–Crippen LogP) is 2.75. The van der Waals surface area contributed by atoms with Gasteiger partial charge in [-0.25, -0.2) is 9.78 Å². The number of fused-ring (bicyclic) bond motifs is 4. The number of hydrogen-bond acceptors (Lipinski definition) is 5. The van der Waals surface area contributed by atoms with Gasteiger partial charge >= 0.3 is 5.63 Å². The fourth-order valence-electron chi connectivity index (χ4n) is 2.56. The van der Waals surface area contributed by atoms with E-state index < -0.39 is 5.63 Å². The smallest absolute Gasteiger partial charge is 0.349 e. The molecule has 0 bridgehead atoms. The molecule has 5 nitrogen and oxygen atoms in total. The Morgan fingerprint density at radius 2 is 2.05 bits per heavy atom. The lowest BCUT2D eigenvalue weighted by atomic mass is 10.2. The average molecular weight is 297 g/mol. The lowest BCUT2D eigenvalue weighted by Gasteiger charge is -2.04. The number of thiazole rings is 1. The fourth-order valence-corrected chi connectivity index (χ4v) is 3.53. The molecule has 0 aliphatic rings. The molecule has 4 rings (SSSR count). The summed E-state index contributed by atoms with van der Waals surface area (Å²) in [6.45, 7) is 3.91. The normalized spacial score (nSPS) is 11.7. The van der Waals surface area contributed by atoms with Gasteiger partial charge in [0.2, 0.25) is 0 Å². The summed E-state index contributed by atoms with van der Waals surface area (Å²) < 4.78 is 7.03. The predicted molar refractivity (Wildman–Crippen MR) is 81.9 cm³/mol. The molecule has 0 unspecified atom stereocenters. The highest BCUT2D eigenvalue weighted by molar-refractivity contribution is 7.17. The second kappa shape index (κ2) is 4.02. The van der Waals surface area contributed by atoms with E-state index in [4.69, 9.17) is 9.83 Å². The summed E-state index contributed by atoms with van der Waals surface area (Å²) in [4.78, 5) is 18.7. The third kappa shape index (κ3) is 1.53. The maximum absolute atomic E-state index is 12.2. The Morgan fingerprint density at radius 3 is 2.86 bits per heavy atom. The Balaban J connectivity index is 2.42. The van der Waals surface area contributed by atoms with Crippen LogP contribution < -0.4 is 11.1 Å². The lowest BCUT2D eigenvalue weighted by molar-refractivity contribution is 0.568. The summed E-state index contributed by atoms with van der Waals surface area (Å²) in [6, 6.07) is 7.28. The molecule has 0 saturated heterocycles. The molecule has 104 valence electrons. The van der Waals surface area contributed by atoms with E-state index in [1.165, 1.54) is 11.3 Å².